The van der Waals surface area contributed by atoms with Gasteiger partial charge in [-0.3, -0.25) is 0 Å². The van der Waals surface area contributed by atoms with Crippen molar-refractivity contribution in [2.75, 3.05) is 0 Å². The maximum absolute atomic E-state index is 4.34. The predicted molar refractivity (Wildman–Crippen MR) is 73.9 cm³/mol. The SMILES string of the molecule is CCC(Br)c1nnc(C2Cc3ccccc32)s1. The van der Waals surface area contributed by atoms with Crippen molar-refractivity contribution < 1.29 is 0 Å². The third-order valence-corrected chi connectivity index (χ3v) is 5.77. The van der Waals surface area contributed by atoms with Gasteiger partial charge < -0.3 is 0 Å². The Morgan fingerprint density at radius 2 is 2.24 bits per heavy atom. The van der Waals surface area contributed by atoms with Gasteiger partial charge in [-0.2, -0.15) is 0 Å². The summed E-state index contributed by atoms with van der Waals surface area (Å²) < 4.78 is 0. The molecule has 1 aromatic heterocycles. The Kier molecular flexibility index (Phi) is 3.01. The van der Waals surface area contributed by atoms with Crippen molar-refractivity contribution in [3.8, 4) is 0 Å². The molecule has 17 heavy (non-hydrogen) atoms. The smallest absolute Gasteiger partial charge is 0.131 e. The molecule has 0 spiro atoms. The maximum atomic E-state index is 4.34. The topological polar surface area (TPSA) is 25.8 Å². The second-order valence-electron chi connectivity index (χ2n) is 4.31. The number of nitrogens with zero attached hydrogens (tertiary/aromatic N) is 2. The van der Waals surface area contributed by atoms with E-state index in [9.17, 15) is 0 Å². The second-order valence-corrected chi connectivity index (χ2v) is 6.46. The van der Waals surface area contributed by atoms with E-state index in [-0.39, 0.29) is 0 Å². The van der Waals surface area contributed by atoms with Gasteiger partial charge in [0.05, 0.1) is 4.83 Å². The van der Waals surface area contributed by atoms with Crippen molar-refractivity contribution in [3.63, 3.8) is 0 Å². The maximum Gasteiger partial charge on any atom is 0.131 e. The molecule has 1 aliphatic carbocycles. The van der Waals surface area contributed by atoms with E-state index in [1.165, 1.54) is 11.1 Å². The van der Waals surface area contributed by atoms with E-state index >= 15 is 0 Å². The van der Waals surface area contributed by atoms with Gasteiger partial charge >= 0.3 is 0 Å². The van der Waals surface area contributed by atoms with Crippen molar-refractivity contribution in [1.29, 1.82) is 0 Å². The van der Waals surface area contributed by atoms with Crippen LogP contribution < -0.4 is 0 Å². The first kappa shape index (κ1) is 11.4. The Hall–Kier alpha value is -0.740. The Balaban J connectivity index is 1.86. The molecule has 2 unspecified atom stereocenters. The summed E-state index contributed by atoms with van der Waals surface area (Å²) in [4.78, 5) is 0.351. The standard InChI is InChI=1S/C13H13BrN2S/c1-2-11(14)13-16-15-12(17-13)10-7-8-5-3-4-6-9(8)10/h3-6,10-11H,2,7H2,1H3. The van der Waals surface area contributed by atoms with E-state index < -0.39 is 0 Å². The molecule has 0 N–H and O–H groups in total. The molecule has 0 radical (unpaired) electrons. The lowest BCUT2D eigenvalue weighted by Crippen LogP contribution is -2.17. The van der Waals surface area contributed by atoms with Crippen LogP contribution in [0.5, 0.6) is 0 Å². The van der Waals surface area contributed by atoms with E-state index in [1.54, 1.807) is 11.3 Å². The minimum Gasteiger partial charge on any atom is -0.143 e. The van der Waals surface area contributed by atoms with Crippen molar-refractivity contribution >= 4 is 27.3 Å². The summed E-state index contributed by atoms with van der Waals surface area (Å²) >= 11 is 5.37. The zero-order valence-electron chi connectivity index (χ0n) is 9.56. The molecule has 2 atom stereocenters. The third kappa shape index (κ3) is 1.93. The Morgan fingerprint density at radius 1 is 1.41 bits per heavy atom. The van der Waals surface area contributed by atoms with Crippen LogP contribution in [0, 0.1) is 0 Å². The molecule has 1 aromatic carbocycles. The van der Waals surface area contributed by atoms with Crippen LogP contribution in [0.25, 0.3) is 0 Å². The van der Waals surface area contributed by atoms with Gasteiger partial charge in [-0.1, -0.05) is 58.5 Å². The fourth-order valence-corrected chi connectivity index (χ4v) is 3.56. The van der Waals surface area contributed by atoms with Crippen molar-refractivity contribution in [3.05, 3.63) is 45.4 Å². The Labute approximate surface area is 113 Å². The molecule has 2 nitrogen and oxygen atoms in total. The molecule has 88 valence electrons. The zero-order valence-corrected chi connectivity index (χ0v) is 12.0. The Bertz CT molecular complexity index is 538. The van der Waals surface area contributed by atoms with Gasteiger partial charge in [0, 0.05) is 5.92 Å². The quantitative estimate of drug-likeness (QED) is 0.799. The van der Waals surface area contributed by atoms with Gasteiger partial charge in [0.15, 0.2) is 0 Å². The molecule has 2 aromatic rings. The summed E-state index contributed by atoms with van der Waals surface area (Å²) in [5, 5.41) is 10.9. The van der Waals surface area contributed by atoms with Gasteiger partial charge in [-0.25, -0.2) is 0 Å². The van der Waals surface area contributed by atoms with Gasteiger partial charge in [0.25, 0.3) is 0 Å². The van der Waals surface area contributed by atoms with Crippen LogP contribution >= 0.6 is 27.3 Å². The molecular formula is C13H13BrN2S. The number of hydrogen-bond donors (Lipinski definition) is 0. The van der Waals surface area contributed by atoms with Crippen LogP contribution in [0.15, 0.2) is 24.3 Å². The highest BCUT2D eigenvalue weighted by molar-refractivity contribution is 9.09. The number of halogens is 1. The fourth-order valence-electron chi connectivity index (χ4n) is 2.17. The molecule has 0 aliphatic heterocycles. The number of benzene rings is 1. The summed E-state index contributed by atoms with van der Waals surface area (Å²) in [6.07, 6.45) is 2.17. The lowest BCUT2D eigenvalue weighted by molar-refractivity contribution is 0.690. The second kappa shape index (κ2) is 4.50. The van der Waals surface area contributed by atoms with Crippen molar-refractivity contribution in [1.82, 2.24) is 10.2 Å². The molecule has 1 heterocycles. The van der Waals surface area contributed by atoms with E-state index in [2.05, 4.69) is 57.3 Å². The zero-order chi connectivity index (χ0) is 11.8. The fraction of sp³-hybridized carbons (Fsp3) is 0.385. The normalized spacial score (nSPS) is 19.5. The van der Waals surface area contributed by atoms with E-state index in [4.69, 9.17) is 0 Å². The van der Waals surface area contributed by atoms with Gasteiger partial charge in [0.2, 0.25) is 0 Å². The average Bonchev–Trinajstić information content (AvgIpc) is 2.79. The first-order valence-electron chi connectivity index (χ1n) is 5.84. The number of rotatable bonds is 3. The number of aromatic nitrogens is 2. The summed E-state index contributed by atoms with van der Waals surface area (Å²) in [7, 11) is 0. The lowest BCUT2D eigenvalue weighted by Gasteiger charge is -2.27. The third-order valence-electron chi connectivity index (χ3n) is 3.24. The van der Waals surface area contributed by atoms with E-state index in [1.807, 2.05) is 0 Å². The number of alkyl halides is 1. The van der Waals surface area contributed by atoms with Crippen molar-refractivity contribution in [2.45, 2.75) is 30.5 Å². The number of fused-ring (bicyclic) bond motifs is 1. The molecule has 3 rings (SSSR count). The summed E-state index contributed by atoms with van der Waals surface area (Å²) in [5.74, 6) is 0.481. The average molecular weight is 309 g/mol. The first-order chi connectivity index (χ1) is 8.29. The molecule has 1 aliphatic rings. The van der Waals surface area contributed by atoms with Crippen LogP contribution in [0.2, 0.25) is 0 Å². The molecule has 0 amide bonds. The monoisotopic (exact) mass is 308 g/mol. The minimum absolute atomic E-state index is 0.351. The molecule has 4 heteroatoms. The first-order valence-corrected chi connectivity index (χ1v) is 7.58. The molecule has 0 saturated carbocycles. The molecular weight excluding hydrogens is 296 g/mol. The van der Waals surface area contributed by atoms with Crippen LogP contribution in [0.4, 0.5) is 0 Å². The highest BCUT2D eigenvalue weighted by atomic mass is 79.9. The van der Waals surface area contributed by atoms with E-state index in [0.29, 0.717) is 10.7 Å². The molecule has 0 bridgehead atoms. The largest absolute Gasteiger partial charge is 0.143 e. The van der Waals surface area contributed by atoms with Crippen LogP contribution in [-0.4, -0.2) is 10.2 Å². The minimum atomic E-state index is 0.351. The van der Waals surface area contributed by atoms with Gasteiger partial charge in [-0.05, 0) is 24.0 Å². The van der Waals surface area contributed by atoms with Gasteiger partial charge in [-0.15, -0.1) is 10.2 Å². The molecule has 0 fully saturated rings. The molecule has 0 saturated heterocycles. The highest BCUT2D eigenvalue weighted by Crippen LogP contribution is 2.42. The van der Waals surface area contributed by atoms with Crippen molar-refractivity contribution in [2.24, 2.45) is 0 Å². The summed E-state index contributed by atoms with van der Waals surface area (Å²) in [6.45, 7) is 2.15. The summed E-state index contributed by atoms with van der Waals surface area (Å²) in [6, 6.07) is 8.61. The number of hydrogen-bond acceptors (Lipinski definition) is 3. The van der Waals surface area contributed by atoms with Crippen LogP contribution in [0.3, 0.4) is 0 Å². The van der Waals surface area contributed by atoms with Crippen LogP contribution in [0.1, 0.15) is 45.2 Å². The van der Waals surface area contributed by atoms with Crippen LogP contribution in [-0.2, 0) is 6.42 Å². The Morgan fingerprint density at radius 3 is 3.00 bits per heavy atom. The lowest BCUT2D eigenvalue weighted by atomic mass is 9.78. The summed E-state index contributed by atoms with van der Waals surface area (Å²) in [5.41, 5.74) is 2.89. The predicted octanol–water partition coefficient (Wildman–Crippen LogP) is 4.07. The highest BCUT2D eigenvalue weighted by Gasteiger charge is 2.30. The van der Waals surface area contributed by atoms with Gasteiger partial charge in [0.1, 0.15) is 10.0 Å². The van der Waals surface area contributed by atoms with E-state index in [0.717, 1.165) is 22.9 Å².